The van der Waals surface area contributed by atoms with Gasteiger partial charge in [0.15, 0.2) is 0 Å². The minimum absolute atomic E-state index is 0.961. The number of rotatable bonds is 6. The van der Waals surface area contributed by atoms with Gasteiger partial charge in [0.25, 0.3) is 0 Å². The number of hydrogen-bond donors (Lipinski definition) is 0. The molecule has 4 heteroatoms. The molecular formula is C18H27N3O. The van der Waals surface area contributed by atoms with Crippen LogP contribution in [0.2, 0.25) is 0 Å². The van der Waals surface area contributed by atoms with Crippen molar-refractivity contribution in [1.82, 2.24) is 14.7 Å². The van der Waals surface area contributed by atoms with Crippen LogP contribution in [0.3, 0.4) is 0 Å². The Balaban J connectivity index is 2.46. The van der Waals surface area contributed by atoms with Gasteiger partial charge >= 0.3 is 0 Å². The summed E-state index contributed by atoms with van der Waals surface area (Å²) in [5.74, 6) is 0.961. The summed E-state index contributed by atoms with van der Waals surface area (Å²) in [6.07, 6.45) is 1.97. The van der Waals surface area contributed by atoms with Crippen LogP contribution < -0.4 is 4.74 Å². The van der Waals surface area contributed by atoms with Gasteiger partial charge in [-0.15, -0.1) is 0 Å². The summed E-state index contributed by atoms with van der Waals surface area (Å²) in [5, 5.41) is 4.58. The molecule has 0 amide bonds. The minimum atomic E-state index is 0.961. The highest BCUT2D eigenvalue weighted by atomic mass is 16.5. The molecule has 1 aromatic heterocycles. The minimum Gasteiger partial charge on any atom is -0.496 e. The Morgan fingerprint density at radius 2 is 2.00 bits per heavy atom. The number of likely N-dealkylation sites (N-methyl/N-ethyl adjacent to an activating group) is 1. The first-order chi connectivity index (χ1) is 10.5. The largest absolute Gasteiger partial charge is 0.496 e. The maximum Gasteiger partial charge on any atom is 0.122 e. The number of ether oxygens (including phenoxy) is 1. The molecule has 0 unspecified atom stereocenters. The SMILES string of the molecule is CCc1c(C)nn(C)c1-c1ccc(OC)c(CCN(C)C)c1. The summed E-state index contributed by atoms with van der Waals surface area (Å²) >= 11 is 0. The van der Waals surface area contributed by atoms with E-state index in [4.69, 9.17) is 4.74 Å². The van der Waals surface area contributed by atoms with E-state index < -0.39 is 0 Å². The molecule has 2 aromatic rings. The number of aromatic nitrogens is 2. The zero-order valence-corrected chi connectivity index (χ0v) is 14.6. The molecule has 4 nitrogen and oxygen atoms in total. The van der Waals surface area contributed by atoms with Crippen molar-refractivity contribution in [3.05, 3.63) is 35.0 Å². The monoisotopic (exact) mass is 301 g/mol. The molecule has 0 aliphatic rings. The van der Waals surface area contributed by atoms with Crippen LogP contribution in [0.15, 0.2) is 18.2 Å². The molecule has 0 aliphatic carbocycles. The molecule has 0 spiro atoms. The van der Waals surface area contributed by atoms with Gasteiger partial charge < -0.3 is 9.64 Å². The van der Waals surface area contributed by atoms with Crippen molar-refractivity contribution in [3.8, 4) is 17.0 Å². The average Bonchev–Trinajstić information content (AvgIpc) is 2.78. The first-order valence-corrected chi connectivity index (χ1v) is 7.82. The van der Waals surface area contributed by atoms with Crippen molar-refractivity contribution in [3.63, 3.8) is 0 Å². The predicted octanol–water partition coefficient (Wildman–Crippen LogP) is 3.07. The van der Waals surface area contributed by atoms with Crippen molar-refractivity contribution < 1.29 is 4.74 Å². The summed E-state index contributed by atoms with van der Waals surface area (Å²) in [6, 6.07) is 6.45. The number of methoxy groups -OCH3 is 1. The molecule has 0 atom stereocenters. The normalized spacial score (nSPS) is 11.2. The molecule has 1 heterocycles. The Labute approximate surface area is 133 Å². The van der Waals surface area contributed by atoms with Gasteiger partial charge in [0.2, 0.25) is 0 Å². The van der Waals surface area contributed by atoms with Crippen molar-refractivity contribution >= 4 is 0 Å². The first-order valence-electron chi connectivity index (χ1n) is 7.82. The summed E-state index contributed by atoms with van der Waals surface area (Å²) in [6.45, 7) is 5.27. The highest BCUT2D eigenvalue weighted by Crippen LogP contribution is 2.30. The molecule has 22 heavy (non-hydrogen) atoms. The average molecular weight is 301 g/mol. The molecule has 0 fully saturated rings. The van der Waals surface area contributed by atoms with Crippen LogP contribution in [0.5, 0.6) is 5.75 Å². The molecule has 0 bridgehead atoms. The lowest BCUT2D eigenvalue weighted by Crippen LogP contribution is -2.15. The lowest BCUT2D eigenvalue weighted by Gasteiger charge is -2.14. The lowest BCUT2D eigenvalue weighted by atomic mass is 10.00. The lowest BCUT2D eigenvalue weighted by molar-refractivity contribution is 0.392. The Kier molecular flexibility index (Phi) is 5.24. The quantitative estimate of drug-likeness (QED) is 0.821. The number of benzene rings is 1. The summed E-state index contributed by atoms with van der Waals surface area (Å²) in [4.78, 5) is 2.19. The van der Waals surface area contributed by atoms with Crippen LogP contribution in [0, 0.1) is 6.92 Å². The van der Waals surface area contributed by atoms with E-state index >= 15 is 0 Å². The molecule has 0 radical (unpaired) electrons. The van der Waals surface area contributed by atoms with Crippen molar-refractivity contribution in [2.75, 3.05) is 27.7 Å². The van der Waals surface area contributed by atoms with E-state index in [2.05, 4.69) is 56.1 Å². The fraction of sp³-hybridized carbons (Fsp3) is 0.500. The van der Waals surface area contributed by atoms with Crippen LogP contribution in [0.1, 0.15) is 23.7 Å². The van der Waals surface area contributed by atoms with Gasteiger partial charge in [-0.1, -0.05) is 6.92 Å². The van der Waals surface area contributed by atoms with E-state index in [0.29, 0.717) is 0 Å². The van der Waals surface area contributed by atoms with Gasteiger partial charge in [0, 0.05) is 24.7 Å². The Hall–Kier alpha value is -1.81. The Morgan fingerprint density at radius 3 is 2.59 bits per heavy atom. The van der Waals surface area contributed by atoms with Crippen molar-refractivity contribution in [2.45, 2.75) is 26.7 Å². The highest BCUT2D eigenvalue weighted by molar-refractivity contribution is 5.67. The fourth-order valence-corrected chi connectivity index (χ4v) is 2.95. The summed E-state index contributed by atoms with van der Waals surface area (Å²) in [7, 11) is 7.94. The standard InChI is InChI=1S/C18H27N3O/c1-7-16-13(2)19-21(5)18(16)15-8-9-17(22-6)14(12-15)10-11-20(3)4/h8-9,12H,7,10-11H2,1-6H3. The number of hydrogen-bond acceptors (Lipinski definition) is 3. The smallest absolute Gasteiger partial charge is 0.122 e. The zero-order chi connectivity index (χ0) is 16.3. The topological polar surface area (TPSA) is 30.3 Å². The van der Waals surface area contributed by atoms with Gasteiger partial charge in [-0.25, -0.2) is 0 Å². The van der Waals surface area contributed by atoms with Crippen LogP contribution in [0.4, 0.5) is 0 Å². The van der Waals surface area contributed by atoms with Gasteiger partial charge in [-0.3, -0.25) is 4.68 Å². The second-order valence-corrected chi connectivity index (χ2v) is 5.97. The fourth-order valence-electron chi connectivity index (χ4n) is 2.95. The van der Waals surface area contributed by atoms with Crippen LogP contribution in [-0.4, -0.2) is 42.4 Å². The third-order valence-electron chi connectivity index (χ3n) is 4.08. The second-order valence-electron chi connectivity index (χ2n) is 5.97. The number of nitrogens with zero attached hydrogens (tertiary/aromatic N) is 3. The molecule has 0 aliphatic heterocycles. The third kappa shape index (κ3) is 3.33. The van der Waals surface area contributed by atoms with Crippen LogP contribution >= 0.6 is 0 Å². The maximum atomic E-state index is 5.52. The molecule has 1 aromatic carbocycles. The van der Waals surface area contributed by atoms with E-state index in [0.717, 1.165) is 30.8 Å². The molecule has 120 valence electrons. The summed E-state index contributed by atoms with van der Waals surface area (Å²) in [5.41, 5.74) is 6.12. The van der Waals surface area contributed by atoms with Gasteiger partial charge in [0.05, 0.1) is 18.5 Å². The molecule has 0 saturated carbocycles. The molecular weight excluding hydrogens is 274 g/mol. The van der Waals surface area contributed by atoms with Gasteiger partial charge in [-0.05, 0) is 57.6 Å². The zero-order valence-electron chi connectivity index (χ0n) is 14.6. The van der Waals surface area contributed by atoms with E-state index in [1.165, 1.54) is 22.4 Å². The van der Waals surface area contributed by atoms with E-state index in [9.17, 15) is 0 Å². The predicted molar refractivity (Wildman–Crippen MR) is 91.6 cm³/mol. The van der Waals surface area contributed by atoms with Gasteiger partial charge in [0.1, 0.15) is 5.75 Å². The maximum absolute atomic E-state index is 5.52. The van der Waals surface area contributed by atoms with Gasteiger partial charge in [-0.2, -0.15) is 5.10 Å². The van der Waals surface area contributed by atoms with E-state index in [-0.39, 0.29) is 0 Å². The van der Waals surface area contributed by atoms with E-state index in [1.54, 1.807) is 7.11 Å². The molecule has 0 N–H and O–H groups in total. The Morgan fingerprint density at radius 1 is 1.27 bits per heavy atom. The second kappa shape index (κ2) is 6.97. The third-order valence-corrected chi connectivity index (χ3v) is 4.08. The first kappa shape index (κ1) is 16.6. The summed E-state index contributed by atoms with van der Waals surface area (Å²) < 4.78 is 7.51. The highest BCUT2D eigenvalue weighted by Gasteiger charge is 2.15. The van der Waals surface area contributed by atoms with Crippen molar-refractivity contribution in [1.29, 1.82) is 0 Å². The molecule has 0 saturated heterocycles. The van der Waals surface area contributed by atoms with Crippen LogP contribution in [0.25, 0.3) is 11.3 Å². The molecule has 2 rings (SSSR count). The number of aryl methyl sites for hydroxylation is 2. The van der Waals surface area contributed by atoms with E-state index in [1.807, 2.05) is 11.7 Å². The van der Waals surface area contributed by atoms with Crippen molar-refractivity contribution in [2.24, 2.45) is 7.05 Å². The van der Waals surface area contributed by atoms with Crippen LogP contribution in [-0.2, 0) is 19.9 Å². The Bertz CT molecular complexity index is 644.